The number of carbonyl (C=O) groups excluding carboxylic acids is 2. The molecule has 1 aromatic carbocycles. The van der Waals surface area contributed by atoms with E-state index in [1.807, 2.05) is 0 Å². The Hall–Kier alpha value is -1.48. The van der Waals surface area contributed by atoms with Crippen LogP contribution in [0.1, 0.15) is 20.7 Å². The first-order valence-corrected chi connectivity index (χ1v) is 3.56. The van der Waals surface area contributed by atoms with Crippen molar-refractivity contribution in [3.63, 3.8) is 0 Å². The normalized spacial score (nSPS) is 9.42. The fraction of sp³-hybridized carbons (Fsp3) is 0.111. The first kappa shape index (κ1) is 8.62. The zero-order valence-electron chi connectivity index (χ0n) is 6.49. The molecule has 1 aromatic rings. The van der Waals surface area contributed by atoms with Gasteiger partial charge >= 0.3 is 0 Å². The van der Waals surface area contributed by atoms with Crippen LogP contribution in [-0.4, -0.2) is 18.6 Å². The van der Waals surface area contributed by atoms with Gasteiger partial charge in [0.1, 0.15) is 6.29 Å². The number of benzene rings is 1. The number of Topliss-reactive ketones (excluding diaryl/α,β-unsaturated/α-hetero) is 1. The van der Waals surface area contributed by atoms with Gasteiger partial charge in [0.25, 0.3) is 0 Å². The summed E-state index contributed by atoms with van der Waals surface area (Å²) in [6, 6.07) is 6.38. The van der Waals surface area contributed by atoms with Crippen molar-refractivity contribution in [2.75, 3.05) is 6.54 Å². The molecule has 0 aromatic heterocycles. The highest BCUT2D eigenvalue weighted by molar-refractivity contribution is 5.97. The van der Waals surface area contributed by atoms with Crippen molar-refractivity contribution < 1.29 is 9.59 Å². The molecule has 0 unspecified atom stereocenters. The maximum absolute atomic E-state index is 11.0. The number of ketones is 1. The molecule has 2 N–H and O–H groups in total. The second-order valence-electron chi connectivity index (χ2n) is 2.37. The lowest BCUT2D eigenvalue weighted by Gasteiger charge is -1.96. The summed E-state index contributed by atoms with van der Waals surface area (Å²) < 4.78 is 0. The Bertz CT molecular complexity index is 290. The van der Waals surface area contributed by atoms with E-state index >= 15 is 0 Å². The van der Waals surface area contributed by atoms with E-state index in [1.165, 1.54) is 0 Å². The molecule has 0 aliphatic heterocycles. The van der Waals surface area contributed by atoms with Crippen LogP contribution in [0.5, 0.6) is 0 Å². The molecule has 0 bridgehead atoms. The lowest BCUT2D eigenvalue weighted by molar-refractivity contribution is 0.100. The van der Waals surface area contributed by atoms with Crippen LogP contribution >= 0.6 is 0 Å². The van der Waals surface area contributed by atoms with Gasteiger partial charge in [-0.25, -0.2) is 0 Å². The molecule has 0 aliphatic rings. The third-order valence-electron chi connectivity index (χ3n) is 1.55. The molecule has 62 valence electrons. The summed E-state index contributed by atoms with van der Waals surface area (Å²) in [5.41, 5.74) is 6.26. The summed E-state index contributed by atoms with van der Waals surface area (Å²) >= 11 is 0. The van der Waals surface area contributed by atoms with Gasteiger partial charge in [-0.1, -0.05) is 24.3 Å². The summed E-state index contributed by atoms with van der Waals surface area (Å²) in [5, 5.41) is 0. The van der Waals surface area contributed by atoms with Crippen molar-refractivity contribution in [2.24, 2.45) is 5.73 Å². The largest absolute Gasteiger partial charge is 0.324 e. The van der Waals surface area contributed by atoms with E-state index in [0.717, 1.165) is 6.29 Å². The van der Waals surface area contributed by atoms with Crippen molar-refractivity contribution in [3.8, 4) is 0 Å². The molecule has 12 heavy (non-hydrogen) atoms. The van der Waals surface area contributed by atoms with Gasteiger partial charge in [0, 0.05) is 11.1 Å². The van der Waals surface area contributed by atoms with E-state index in [2.05, 4.69) is 0 Å². The molecule has 1 rings (SSSR count). The standard InChI is InChI=1S/C9H9NO2/c10-5-9(12)8-3-1-7(6-11)2-4-8/h1-4,6H,5,10H2. The molecular formula is C9H9NO2. The van der Waals surface area contributed by atoms with E-state index in [1.54, 1.807) is 24.3 Å². The molecule has 0 spiro atoms. The van der Waals surface area contributed by atoms with Gasteiger partial charge in [0.2, 0.25) is 0 Å². The van der Waals surface area contributed by atoms with Crippen LogP contribution in [0.3, 0.4) is 0 Å². The SMILES string of the molecule is NCC(=O)c1ccc(C=O)cc1. The minimum Gasteiger partial charge on any atom is -0.324 e. The van der Waals surface area contributed by atoms with E-state index in [-0.39, 0.29) is 12.3 Å². The highest BCUT2D eigenvalue weighted by Crippen LogP contribution is 2.02. The average Bonchev–Trinajstić information content (AvgIpc) is 2.17. The molecular weight excluding hydrogens is 154 g/mol. The summed E-state index contributed by atoms with van der Waals surface area (Å²) in [6.45, 7) is 0.000432. The van der Waals surface area contributed by atoms with Crippen molar-refractivity contribution in [1.82, 2.24) is 0 Å². The van der Waals surface area contributed by atoms with Gasteiger partial charge in [0.15, 0.2) is 5.78 Å². The van der Waals surface area contributed by atoms with Crippen LogP contribution in [0, 0.1) is 0 Å². The molecule has 0 atom stereocenters. The minimum absolute atomic E-state index is 0.000432. The summed E-state index contributed by atoms with van der Waals surface area (Å²) in [5.74, 6) is -0.118. The van der Waals surface area contributed by atoms with Crippen molar-refractivity contribution in [2.45, 2.75) is 0 Å². The quantitative estimate of drug-likeness (QED) is 0.525. The molecule has 3 heteroatoms. The zero-order chi connectivity index (χ0) is 8.97. The van der Waals surface area contributed by atoms with Crippen LogP contribution in [0.4, 0.5) is 0 Å². The van der Waals surface area contributed by atoms with E-state index in [0.29, 0.717) is 11.1 Å². The van der Waals surface area contributed by atoms with Gasteiger partial charge in [-0.15, -0.1) is 0 Å². The number of nitrogens with two attached hydrogens (primary N) is 1. The van der Waals surface area contributed by atoms with Crippen LogP contribution in [-0.2, 0) is 0 Å². The Balaban J connectivity index is 2.91. The number of carbonyl (C=O) groups is 2. The topological polar surface area (TPSA) is 60.2 Å². The Morgan fingerprint density at radius 1 is 1.33 bits per heavy atom. The van der Waals surface area contributed by atoms with Gasteiger partial charge in [-0.2, -0.15) is 0 Å². The number of rotatable bonds is 3. The summed E-state index contributed by atoms with van der Waals surface area (Å²) in [4.78, 5) is 21.2. The predicted molar refractivity (Wildman–Crippen MR) is 45.2 cm³/mol. The Morgan fingerprint density at radius 3 is 2.33 bits per heavy atom. The summed E-state index contributed by atoms with van der Waals surface area (Å²) in [6.07, 6.45) is 0.733. The molecule has 0 saturated heterocycles. The Labute approximate surface area is 70.2 Å². The van der Waals surface area contributed by atoms with Crippen molar-refractivity contribution >= 4 is 12.1 Å². The number of hydrogen-bond acceptors (Lipinski definition) is 3. The molecule has 0 fully saturated rings. The fourth-order valence-corrected chi connectivity index (χ4v) is 0.865. The molecule has 0 radical (unpaired) electrons. The second-order valence-corrected chi connectivity index (χ2v) is 2.37. The van der Waals surface area contributed by atoms with Crippen LogP contribution in [0.15, 0.2) is 24.3 Å². The second kappa shape index (κ2) is 3.78. The third-order valence-corrected chi connectivity index (χ3v) is 1.55. The lowest BCUT2D eigenvalue weighted by atomic mass is 10.1. The first-order valence-electron chi connectivity index (χ1n) is 3.56. The third kappa shape index (κ3) is 1.77. The average molecular weight is 163 g/mol. The molecule has 0 aliphatic carbocycles. The predicted octanol–water partition coefficient (Wildman–Crippen LogP) is 0.640. The molecule has 0 saturated carbocycles. The minimum atomic E-state index is -0.118. The Morgan fingerprint density at radius 2 is 1.92 bits per heavy atom. The van der Waals surface area contributed by atoms with Crippen LogP contribution < -0.4 is 5.73 Å². The van der Waals surface area contributed by atoms with E-state index in [9.17, 15) is 9.59 Å². The van der Waals surface area contributed by atoms with E-state index < -0.39 is 0 Å². The monoisotopic (exact) mass is 163 g/mol. The molecule has 0 heterocycles. The number of hydrogen-bond donors (Lipinski definition) is 1. The summed E-state index contributed by atoms with van der Waals surface area (Å²) in [7, 11) is 0. The van der Waals surface area contributed by atoms with Crippen molar-refractivity contribution in [1.29, 1.82) is 0 Å². The van der Waals surface area contributed by atoms with Crippen LogP contribution in [0.25, 0.3) is 0 Å². The fourth-order valence-electron chi connectivity index (χ4n) is 0.865. The van der Waals surface area contributed by atoms with Gasteiger partial charge in [-0.05, 0) is 0 Å². The first-order chi connectivity index (χ1) is 5.77. The van der Waals surface area contributed by atoms with E-state index in [4.69, 9.17) is 5.73 Å². The highest BCUT2D eigenvalue weighted by atomic mass is 16.1. The zero-order valence-corrected chi connectivity index (χ0v) is 6.49. The lowest BCUT2D eigenvalue weighted by Crippen LogP contribution is -2.13. The maximum Gasteiger partial charge on any atom is 0.176 e. The van der Waals surface area contributed by atoms with Crippen molar-refractivity contribution in [3.05, 3.63) is 35.4 Å². The maximum atomic E-state index is 11.0. The van der Waals surface area contributed by atoms with Gasteiger partial charge in [0.05, 0.1) is 6.54 Å². The van der Waals surface area contributed by atoms with Gasteiger partial charge in [-0.3, -0.25) is 9.59 Å². The number of aldehydes is 1. The Kier molecular flexibility index (Phi) is 2.71. The molecule has 3 nitrogen and oxygen atoms in total. The van der Waals surface area contributed by atoms with Gasteiger partial charge < -0.3 is 5.73 Å². The van der Waals surface area contributed by atoms with Crippen LogP contribution in [0.2, 0.25) is 0 Å². The highest BCUT2D eigenvalue weighted by Gasteiger charge is 2.01. The molecule has 0 amide bonds. The smallest absolute Gasteiger partial charge is 0.176 e.